The van der Waals surface area contributed by atoms with Crippen molar-refractivity contribution in [2.24, 2.45) is 0 Å². The average molecular weight is 255 g/mol. The van der Waals surface area contributed by atoms with Crippen molar-refractivity contribution < 1.29 is 9.53 Å². The first-order valence-corrected chi connectivity index (χ1v) is 6.90. The number of ether oxygens (including phenoxy) is 1. The summed E-state index contributed by atoms with van der Waals surface area (Å²) in [6.07, 6.45) is 4.81. The number of esters is 1. The molecule has 1 aromatic heterocycles. The molecule has 0 spiro atoms. The van der Waals surface area contributed by atoms with Crippen LogP contribution in [0.4, 0.5) is 0 Å². The van der Waals surface area contributed by atoms with Gasteiger partial charge < -0.3 is 4.74 Å². The fourth-order valence-electron chi connectivity index (χ4n) is 2.68. The lowest BCUT2D eigenvalue weighted by Gasteiger charge is -2.18. The Morgan fingerprint density at radius 2 is 1.95 bits per heavy atom. The molecule has 0 amide bonds. The summed E-state index contributed by atoms with van der Waals surface area (Å²) in [4.78, 5) is 16.1. The second-order valence-electron chi connectivity index (χ2n) is 4.92. The minimum absolute atomic E-state index is 0.228. The monoisotopic (exact) mass is 255 g/mol. The van der Waals surface area contributed by atoms with Gasteiger partial charge >= 0.3 is 5.97 Å². The summed E-state index contributed by atoms with van der Waals surface area (Å²) in [5.41, 5.74) is 2.43. The molecule has 3 heteroatoms. The quantitative estimate of drug-likeness (QED) is 0.772. The topological polar surface area (TPSA) is 39.2 Å². The number of aromatic nitrogens is 1. The Bertz CT molecular complexity index is 634. The fraction of sp³-hybridized carbons (Fsp3) is 0.375. The van der Waals surface area contributed by atoms with Gasteiger partial charge in [-0.1, -0.05) is 25.1 Å². The fourth-order valence-corrected chi connectivity index (χ4v) is 2.68. The SMILES string of the molecule is CCC(=O)Oc1nc2c(c3ccccc13)CCCC2. The third-order valence-electron chi connectivity index (χ3n) is 3.66. The van der Waals surface area contributed by atoms with Crippen LogP contribution in [0.5, 0.6) is 5.88 Å². The lowest BCUT2D eigenvalue weighted by atomic mass is 9.92. The number of carbonyl (C=O) groups is 1. The number of hydrogen-bond acceptors (Lipinski definition) is 3. The van der Waals surface area contributed by atoms with Gasteiger partial charge in [-0.05, 0) is 42.7 Å². The van der Waals surface area contributed by atoms with E-state index >= 15 is 0 Å². The summed E-state index contributed by atoms with van der Waals surface area (Å²) < 4.78 is 5.39. The van der Waals surface area contributed by atoms with E-state index in [9.17, 15) is 4.79 Å². The van der Waals surface area contributed by atoms with E-state index in [1.54, 1.807) is 6.92 Å². The van der Waals surface area contributed by atoms with Crippen molar-refractivity contribution in [1.82, 2.24) is 4.98 Å². The maximum absolute atomic E-state index is 11.5. The molecular weight excluding hydrogens is 238 g/mol. The Balaban J connectivity index is 2.18. The van der Waals surface area contributed by atoms with E-state index < -0.39 is 0 Å². The number of nitrogens with zero attached hydrogens (tertiary/aromatic N) is 1. The van der Waals surface area contributed by atoms with E-state index in [1.807, 2.05) is 18.2 Å². The van der Waals surface area contributed by atoms with Gasteiger partial charge in [0.15, 0.2) is 0 Å². The third kappa shape index (κ3) is 2.21. The molecule has 0 aliphatic heterocycles. The van der Waals surface area contributed by atoms with Crippen molar-refractivity contribution in [3.8, 4) is 5.88 Å². The molecule has 0 radical (unpaired) electrons. The standard InChI is InChI=1S/C16H17NO2/c1-2-15(18)19-16-13-9-4-3-7-11(13)12-8-5-6-10-14(12)17-16/h3-4,7,9H,2,5-6,8,10H2,1H3. The summed E-state index contributed by atoms with van der Waals surface area (Å²) in [6, 6.07) is 8.07. The summed E-state index contributed by atoms with van der Waals surface area (Å²) in [5.74, 6) is 0.247. The smallest absolute Gasteiger partial charge is 0.312 e. The molecule has 0 atom stereocenters. The second-order valence-corrected chi connectivity index (χ2v) is 4.92. The van der Waals surface area contributed by atoms with Crippen molar-refractivity contribution in [1.29, 1.82) is 0 Å². The van der Waals surface area contributed by atoms with E-state index in [2.05, 4.69) is 11.1 Å². The predicted octanol–water partition coefficient (Wildman–Crippen LogP) is 3.43. The highest BCUT2D eigenvalue weighted by atomic mass is 16.5. The number of fused-ring (bicyclic) bond motifs is 3. The van der Waals surface area contributed by atoms with Gasteiger partial charge in [-0.3, -0.25) is 4.79 Å². The Morgan fingerprint density at radius 1 is 1.21 bits per heavy atom. The molecule has 0 bridgehead atoms. The third-order valence-corrected chi connectivity index (χ3v) is 3.66. The molecule has 0 fully saturated rings. The highest BCUT2D eigenvalue weighted by molar-refractivity contribution is 5.92. The van der Waals surface area contributed by atoms with Crippen molar-refractivity contribution in [3.63, 3.8) is 0 Å². The summed E-state index contributed by atoms with van der Waals surface area (Å²) in [5, 5.41) is 2.14. The summed E-state index contributed by atoms with van der Waals surface area (Å²) >= 11 is 0. The Hall–Kier alpha value is -1.90. The van der Waals surface area contributed by atoms with Gasteiger partial charge in [0.2, 0.25) is 5.88 Å². The molecule has 19 heavy (non-hydrogen) atoms. The number of benzene rings is 1. The van der Waals surface area contributed by atoms with Crippen molar-refractivity contribution in [3.05, 3.63) is 35.5 Å². The average Bonchev–Trinajstić information content (AvgIpc) is 2.47. The highest BCUT2D eigenvalue weighted by Crippen LogP contribution is 2.32. The number of hydrogen-bond donors (Lipinski definition) is 0. The van der Waals surface area contributed by atoms with Crippen molar-refractivity contribution in [2.75, 3.05) is 0 Å². The van der Waals surface area contributed by atoms with E-state index in [-0.39, 0.29) is 5.97 Å². The van der Waals surface area contributed by atoms with Crippen molar-refractivity contribution >= 4 is 16.7 Å². The van der Waals surface area contributed by atoms with Crippen LogP contribution < -0.4 is 4.74 Å². The van der Waals surface area contributed by atoms with Crippen LogP contribution in [0.3, 0.4) is 0 Å². The number of pyridine rings is 1. The Labute approximate surface area is 112 Å². The second kappa shape index (κ2) is 5.00. The lowest BCUT2D eigenvalue weighted by Crippen LogP contribution is -2.11. The van der Waals surface area contributed by atoms with Crippen LogP contribution in [0.15, 0.2) is 24.3 Å². The molecule has 1 aliphatic rings. The van der Waals surface area contributed by atoms with Gasteiger partial charge in [0.1, 0.15) is 0 Å². The van der Waals surface area contributed by atoms with E-state index in [0.717, 1.165) is 23.9 Å². The molecule has 2 aromatic rings. The molecule has 1 aromatic carbocycles. The zero-order valence-corrected chi connectivity index (χ0v) is 11.1. The normalized spacial score (nSPS) is 14.2. The van der Waals surface area contributed by atoms with Crippen LogP contribution in [-0.4, -0.2) is 11.0 Å². The molecule has 0 saturated carbocycles. The van der Waals surface area contributed by atoms with Crippen LogP contribution in [0.25, 0.3) is 10.8 Å². The first-order chi connectivity index (χ1) is 9.29. The molecule has 0 unspecified atom stereocenters. The van der Waals surface area contributed by atoms with E-state index in [0.29, 0.717) is 12.3 Å². The van der Waals surface area contributed by atoms with Crippen LogP contribution >= 0.6 is 0 Å². The van der Waals surface area contributed by atoms with Crippen molar-refractivity contribution in [2.45, 2.75) is 39.0 Å². The van der Waals surface area contributed by atoms with Gasteiger partial charge in [0.25, 0.3) is 0 Å². The first-order valence-electron chi connectivity index (χ1n) is 6.90. The van der Waals surface area contributed by atoms with Crippen LogP contribution in [0.2, 0.25) is 0 Å². The highest BCUT2D eigenvalue weighted by Gasteiger charge is 2.18. The maximum atomic E-state index is 11.5. The van der Waals surface area contributed by atoms with E-state index in [1.165, 1.54) is 23.8 Å². The molecule has 1 aliphatic carbocycles. The lowest BCUT2D eigenvalue weighted by molar-refractivity contribution is -0.134. The van der Waals surface area contributed by atoms with Gasteiger partial charge in [-0.15, -0.1) is 0 Å². The molecule has 1 heterocycles. The van der Waals surface area contributed by atoms with Gasteiger partial charge in [-0.2, -0.15) is 0 Å². The van der Waals surface area contributed by atoms with Crippen LogP contribution in [0, 0.1) is 0 Å². The number of aryl methyl sites for hydroxylation is 2. The van der Waals surface area contributed by atoms with Gasteiger partial charge in [0, 0.05) is 17.5 Å². The van der Waals surface area contributed by atoms with E-state index in [4.69, 9.17) is 4.74 Å². The molecule has 3 nitrogen and oxygen atoms in total. The number of rotatable bonds is 2. The first kappa shape index (κ1) is 12.2. The summed E-state index contributed by atoms with van der Waals surface area (Å²) in [6.45, 7) is 1.79. The minimum Gasteiger partial charge on any atom is -0.407 e. The van der Waals surface area contributed by atoms with Crippen LogP contribution in [-0.2, 0) is 17.6 Å². The molecule has 3 rings (SSSR count). The molecule has 0 saturated heterocycles. The van der Waals surface area contributed by atoms with Crippen LogP contribution in [0.1, 0.15) is 37.4 Å². The van der Waals surface area contributed by atoms with Gasteiger partial charge in [0.05, 0.1) is 0 Å². The molecule has 98 valence electrons. The zero-order chi connectivity index (χ0) is 13.2. The molecular formula is C16H17NO2. The Morgan fingerprint density at radius 3 is 2.74 bits per heavy atom. The zero-order valence-electron chi connectivity index (χ0n) is 11.1. The predicted molar refractivity (Wildman–Crippen MR) is 74.3 cm³/mol. The molecule has 0 N–H and O–H groups in total. The van der Waals surface area contributed by atoms with Gasteiger partial charge in [-0.25, -0.2) is 4.98 Å². The Kier molecular flexibility index (Phi) is 3.20. The minimum atomic E-state index is -0.228. The summed E-state index contributed by atoms with van der Waals surface area (Å²) in [7, 11) is 0. The largest absolute Gasteiger partial charge is 0.407 e. The maximum Gasteiger partial charge on any atom is 0.312 e. The number of carbonyl (C=O) groups excluding carboxylic acids is 1.